The predicted molar refractivity (Wildman–Crippen MR) is 87.2 cm³/mol. The molecular weight excluding hydrogens is 333 g/mol. The highest BCUT2D eigenvalue weighted by molar-refractivity contribution is 7.89. The highest BCUT2D eigenvalue weighted by Gasteiger charge is 2.48. The number of sulfonamides is 1. The van der Waals surface area contributed by atoms with Crippen LogP contribution in [0, 0.1) is 5.82 Å². The minimum Gasteiger partial charge on any atom is -0.497 e. The van der Waals surface area contributed by atoms with E-state index < -0.39 is 15.6 Å². The Morgan fingerprint density at radius 3 is 2.25 bits per heavy atom. The van der Waals surface area contributed by atoms with Crippen LogP contribution in [0.15, 0.2) is 47.4 Å². The van der Waals surface area contributed by atoms with Crippen molar-refractivity contribution in [3.05, 3.63) is 53.8 Å². The summed E-state index contributed by atoms with van der Waals surface area (Å²) in [6.45, 7) is 0. The van der Waals surface area contributed by atoms with Crippen molar-refractivity contribution in [2.24, 2.45) is 0 Å². The molecule has 0 aliphatic heterocycles. The second-order valence-corrected chi connectivity index (χ2v) is 7.36. The number of hydrogen-bond donors (Lipinski definition) is 1. The van der Waals surface area contributed by atoms with E-state index in [1.165, 1.54) is 38.5 Å². The van der Waals surface area contributed by atoms with E-state index in [1.807, 2.05) is 0 Å². The Labute approximate surface area is 140 Å². The van der Waals surface area contributed by atoms with Crippen LogP contribution in [0.2, 0.25) is 0 Å². The number of methoxy groups -OCH3 is 2. The minimum absolute atomic E-state index is 0.0409. The first kappa shape index (κ1) is 16.7. The maximum atomic E-state index is 13.1. The first-order valence-corrected chi connectivity index (χ1v) is 8.90. The lowest BCUT2D eigenvalue weighted by Crippen LogP contribution is -2.35. The maximum absolute atomic E-state index is 13.1. The lowest BCUT2D eigenvalue weighted by molar-refractivity contribution is 0.385. The van der Waals surface area contributed by atoms with Gasteiger partial charge in [-0.05, 0) is 42.7 Å². The highest BCUT2D eigenvalue weighted by atomic mass is 32.2. The van der Waals surface area contributed by atoms with Gasteiger partial charge in [-0.3, -0.25) is 0 Å². The van der Waals surface area contributed by atoms with E-state index in [-0.39, 0.29) is 16.5 Å². The summed E-state index contributed by atoms with van der Waals surface area (Å²) >= 11 is 0. The molecular formula is C17H18FNO4S. The van der Waals surface area contributed by atoms with Gasteiger partial charge in [0.15, 0.2) is 0 Å². The molecule has 0 amide bonds. The molecule has 1 aliphatic rings. The van der Waals surface area contributed by atoms with Gasteiger partial charge in [0.05, 0.1) is 19.8 Å². The summed E-state index contributed by atoms with van der Waals surface area (Å²) in [5.74, 6) is 0.358. The molecule has 5 nitrogen and oxygen atoms in total. The number of halogens is 1. The number of nitrogens with one attached hydrogen (secondary N) is 1. The van der Waals surface area contributed by atoms with E-state index in [4.69, 9.17) is 9.47 Å². The summed E-state index contributed by atoms with van der Waals surface area (Å²) in [4.78, 5) is 0.0409. The molecule has 0 atom stereocenters. The van der Waals surface area contributed by atoms with E-state index in [1.54, 1.807) is 18.2 Å². The van der Waals surface area contributed by atoms with Gasteiger partial charge in [-0.2, -0.15) is 0 Å². The normalized spacial score (nSPS) is 15.8. The van der Waals surface area contributed by atoms with Crippen molar-refractivity contribution < 1.29 is 22.3 Å². The fourth-order valence-electron chi connectivity index (χ4n) is 2.65. The molecule has 0 bridgehead atoms. The molecule has 0 saturated heterocycles. The van der Waals surface area contributed by atoms with Crippen LogP contribution in [0.25, 0.3) is 0 Å². The van der Waals surface area contributed by atoms with Gasteiger partial charge in [-0.15, -0.1) is 0 Å². The quantitative estimate of drug-likeness (QED) is 0.869. The average Bonchev–Trinajstić information content (AvgIpc) is 3.34. The summed E-state index contributed by atoms with van der Waals surface area (Å²) in [6, 6.07) is 10.4. The molecule has 0 radical (unpaired) electrons. The lowest BCUT2D eigenvalue weighted by atomic mass is 10.1. The van der Waals surface area contributed by atoms with Crippen molar-refractivity contribution in [3.8, 4) is 11.5 Å². The summed E-state index contributed by atoms with van der Waals surface area (Å²) in [5, 5.41) is 0. The average molecular weight is 351 g/mol. The number of hydrogen-bond acceptors (Lipinski definition) is 4. The smallest absolute Gasteiger partial charge is 0.245 e. The zero-order valence-corrected chi connectivity index (χ0v) is 14.2. The van der Waals surface area contributed by atoms with Gasteiger partial charge in [0.25, 0.3) is 0 Å². The van der Waals surface area contributed by atoms with Crippen molar-refractivity contribution in [3.63, 3.8) is 0 Å². The van der Waals surface area contributed by atoms with Crippen molar-refractivity contribution in [1.29, 1.82) is 0 Å². The monoisotopic (exact) mass is 351 g/mol. The third-order valence-electron chi connectivity index (χ3n) is 4.14. The summed E-state index contributed by atoms with van der Waals surface area (Å²) in [6.07, 6.45) is 1.33. The third-order valence-corrected chi connectivity index (χ3v) is 5.71. The predicted octanol–water partition coefficient (Wildman–Crippen LogP) is 2.81. The number of rotatable bonds is 6. The van der Waals surface area contributed by atoms with E-state index in [0.29, 0.717) is 18.6 Å². The Bertz CT molecular complexity index is 845. The Morgan fingerprint density at radius 1 is 1.04 bits per heavy atom. The van der Waals surface area contributed by atoms with Gasteiger partial charge in [0, 0.05) is 6.07 Å². The molecule has 1 N–H and O–H groups in total. The van der Waals surface area contributed by atoms with Crippen LogP contribution in [0.3, 0.4) is 0 Å². The zero-order chi connectivity index (χ0) is 17.4. The maximum Gasteiger partial charge on any atom is 0.245 e. The molecule has 2 aromatic carbocycles. The van der Waals surface area contributed by atoms with E-state index in [9.17, 15) is 12.8 Å². The first-order chi connectivity index (χ1) is 11.4. The Hall–Kier alpha value is -2.12. The van der Waals surface area contributed by atoms with Crippen LogP contribution in [0.4, 0.5) is 4.39 Å². The largest absolute Gasteiger partial charge is 0.497 e. The molecule has 3 rings (SSSR count). The van der Waals surface area contributed by atoms with Crippen LogP contribution in [-0.4, -0.2) is 22.6 Å². The first-order valence-electron chi connectivity index (χ1n) is 7.42. The Kier molecular flexibility index (Phi) is 4.23. The van der Waals surface area contributed by atoms with Crippen molar-refractivity contribution in [2.75, 3.05) is 14.2 Å². The van der Waals surface area contributed by atoms with Crippen molar-refractivity contribution in [2.45, 2.75) is 23.3 Å². The molecule has 2 aromatic rings. The van der Waals surface area contributed by atoms with Gasteiger partial charge >= 0.3 is 0 Å². The zero-order valence-electron chi connectivity index (χ0n) is 13.4. The molecule has 0 spiro atoms. The van der Waals surface area contributed by atoms with E-state index in [2.05, 4.69) is 4.72 Å². The van der Waals surface area contributed by atoms with Crippen LogP contribution >= 0.6 is 0 Å². The lowest BCUT2D eigenvalue weighted by Gasteiger charge is -2.19. The van der Waals surface area contributed by atoms with Gasteiger partial charge in [0.2, 0.25) is 10.0 Å². The number of benzene rings is 2. The van der Waals surface area contributed by atoms with Crippen molar-refractivity contribution in [1.82, 2.24) is 4.72 Å². The topological polar surface area (TPSA) is 64.6 Å². The summed E-state index contributed by atoms with van der Waals surface area (Å²) < 4.78 is 51.7. The Balaban J connectivity index is 1.93. The molecule has 24 heavy (non-hydrogen) atoms. The SMILES string of the molecule is COc1ccc(S(=O)(=O)NC2(c3ccc(F)cc3)CC2)c(OC)c1. The van der Waals surface area contributed by atoms with E-state index >= 15 is 0 Å². The third kappa shape index (κ3) is 3.09. The fourth-order valence-corrected chi connectivity index (χ4v) is 4.25. The molecule has 7 heteroatoms. The van der Waals surface area contributed by atoms with Gasteiger partial charge < -0.3 is 9.47 Å². The fraction of sp³-hybridized carbons (Fsp3) is 0.294. The molecule has 1 fully saturated rings. The highest BCUT2D eigenvalue weighted by Crippen LogP contribution is 2.47. The molecule has 0 heterocycles. The van der Waals surface area contributed by atoms with E-state index in [0.717, 1.165) is 5.56 Å². The molecule has 128 valence electrons. The Morgan fingerprint density at radius 2 is 1.71 bits per heavy atom. The minimum atomic E-state index is -3.81. The molecule has 0 unspecified atom stereocenters. The second kappa shape index (κ2) is 6.07. The van der Waals surface area contributed by atoms with Gasteiger partial charge in [-0.25, -0.2) is 17.5 Å². The molecule has 1 aliphatic carbocycles. The standard InChI is InChI=1S/C17H18FNO4S/c1-22-14-7-8-16(15(11-14)23-2)24(20,21)19-17(9-10-17)12-3-5-13(18)6-4-12/h3-8,11,19H,9-10H2,1-2H3. The van der Waals surface area contributed by atoms with Gasteiger partial charge in [0.1, 0.15) is 22.2 Å². The second-order valence-electron chi connectivity index (χ2n) is 5.71. The number of ether oxygens (including phenoxy) is 2. The van der Waals surface area contributed by atoms with Crippen molar-refractivity contribution >= 4 is 10.0 Å². The molecule has 0 aromatic heterocycles. The van der Waals surface area contributed by atoms with Gasteiger partial charge in [-0.1, -0.05) is 12.1 Å². The summed E-state index contributed by atoms with van der Waals surface area (Å²) in [5.41, 5.74) is 0.0669. The van der Waals surface area contributed by atoms with Crippen LogP contribution in [-0.2, 0) is 15.6 Å². The van der Waals surface area contributed by atoms with Crippen LogP contribution in [0.1, 0.15) is 18.4 Å². The summed E-state index contributed by atoms with van der Waals surface area (Å²) in [7, 11) is -0.907. The van der Waals surface area contributed by atoms with Crippen LogP contribution < -0.4 is 14.2 Å². The van der Waals surface area contributed by atoms with Crippen LogP contribution in [0.5, 0.6) is 11.5 Å². The molecule has 1 saturated carbocycles.